The first-order valence-electron chi connectivity index (χ1n) is 4.48. The van der Waals surface area contributed by atoms with Gasteiger partial charge in [-0.05, 0) is 24.5 Å². The van der Waals surface area contributed by atoms with E-state index in [9.17, 15) is 0 Å². The van der Waals surface area contributed by atoms with Crippen LogP contribution in [0.25, 0.3) is 0 Å². The first-order valence-corrected chi connectivity index (χ1v) is 4.48. The highest BCUT2D eigenvalue weighted by molar-refractivity contribution is 5.54. The van der Waals surface area contributed by atoms with Crippen LogP contribution in [-0.4, -0.2) is 12.0 Å². The Morgan fingerprint density at radius 2 is 2.08 bits per heavy atom. The number of hydrogen-bond donors (Lipinski definition) is 1. The van der Waals surface area contributed by atoms with Crippen molar-refractivity contribution in [2.45, 2.75) is 26.7 Å². The molecule has 0 saturated carbocycles. The van der Waals surface area contributed by atoms with Gasteiger partial charge in [0.05, 0.1) is 11.4 Å². The molecule has 0 bridgehead atoms. The van der Waals surface area contributed by atoms with E-state index in [0.717, 1.165) is 18.5 Å². The number of pyridine rings is 1. The van der Waals surface area contributed by atoms with Gasteiger partial charge in [-0.25, -0.2) is 0 Å². The lowest BCUT2D eigenvalue weighted by atomic mass is 10.1. The second kappa shape index (κ2) is 4.10. The zero-order valence-corrected chi connectivity index (χ0v) is 8.02. The molecule has 66 valence electrons. The topological polar surface area (TPSA) is 24.9 Å². The van der Waals surface area contributed by atoms with Crippen LogP contribution in [0.3, 0.4) is 0 Å². The van der Waals surface area contributed by atoms with Crippen molar-refractivity contribution in [2.24, 2.45) is 0 Å². The van der Waals surface area contributed by atoms with Crippen LogP contribution in [0.4, 0.5) is 5.69 Å². The molecule has 0 spiro atoms. The molecule has 2 heteroatoms. The molecule has 0 aromatic carbocycles. The van der Waals surface area contributed by atoms with Gasteiger partial charge in [0, 0.05) is 13.2 Å². The molecule has 0 aliphatic carbocycles. The van der Waals surface area contributed by atoms with E-state index in [1.165, 1.54) is 11.3 Å². The minimum absolute atomic E-state index is 0.990. The first kappa shape index (κ1) is 9.04. The van der Waals surface area contributed by atoms with Crippen LogP contribution in [0, 0.1) is 0 Å². The lowest BCUT2D eigenvalue weighted by molar-refractivity contribution is 1.01. The van der Waals surface area contributed by atoms with Crippen molar-refractivity contribution in [3.05, 3.63) is 23.5 Å². The summed E-state index contributed by atoms with van der Waals surface area (Å²) in [6.07, 6.45) is 3.94. The molecule has 0 unspecified atom stereocenters. The maximum atomic E-state index is 4.31. The zero-order valence-electron chi connectivity index (χ0n) is 8.02. The third-order valence-electron chi connectivity index (χ3n) is 2.08. The molecule has 1 rings (SSSR count). The fourth-order valence-electron chi connectivity index (χ4n) is 1.42. The molecule has 0 aliphatic heterocycles. The Balaban J connectivity index is 3.13. The molecule has 1 N–H and O–H groups in total. The van der Waals surface area contributed by atoms with E-state index in [1.54, 1.807) is 0 Å². The Labute approximate surface area is 74.0 Å². The number of hydrogen-bond acceptors (Lipinski definition) is 2. The molecule has 1 aromatic rings. The van der Waals surface area contributed by atoms with E-state index in [2.05, 4.69) is 30.2 Å². The second-order valence-corrected chi connectivity index (χ2v) is 2.75. The standard InChI is InChI=1S/C10H16N2/c1-4-8-6-7-12-9(5-2)10(8)11-3/h6-7,11H,4-5H2,1-3H3. The maximum absolute atomic E-state index is 4.31. The van der Waals surface area contributed by atoms with Crippen LogP contribution < -0.4 is 5.32 Å². The highest BCUT2D eigenvalue weighted by atomic mass is 14.9. The van der Waals surface area contributed by atoms with Gasteiger partial charge in [-0.15, -0.1) is 0 Å². The summed E-state index contributed by atoms with van der Waals surface area (Å²) in [6.45, 7) is 4.29. The summed E-state index contributed by atoms with van der Waals surface area (Å²) in [5, 5.41) is 3.20. The summed E-state index contributed by atoms with van der Waals surface area (Å²) >= 11 is 0. The number of anilines is 1. The Kier molecular flexibility index (Phi) is 3.09. The second-order valence-electron chi connectivity index (χ2n) is 2.75. The van der Waals surface area contributed by atoms with Gasteiger partial charge < -0.3 is 5.32 Å². The van der Waals surface area contributed by atoms with Crippen LogP contribution in [0.2, 0.25) is 0 Å². The minimum atomic E-state index is 0.990. The summed E-state index contributed by atoms with van der Waals surface area (Å²) in [6, 6.07) is 2.07. The maximum Gasteiger partial charge on any atom is 0.0634 e. The molecule has 12 heavy (non-hydrogen) atoms. The van der Waals surface area contributed by atoms with E-state index < -0.39 is 0 Å². The van der Waals surface area contributed by atoms with Gasteiger partial charge in [0.15, 0.2) is 0 Å². The summed E-state index contributed by atoms with van der Waals surface area (Å²) in [4.78, 5) is 4.31. The Morgan fingerprint density at radius 1 is 1.33 bits per heavy atom. The SMILES string of the molecule is CCc1ccnc(CC)c1NC. The van der Waals surface area contributed by atoms with Gasteiger partial charge in [0.25, 0.3) is 0 Å². The smallest absolute Gasteiger partial charge is 0.0634 e. The predicted molar refractivity (Wildman–Crippen MR) is 52.5 cm³/mol. The van der Waals surface area contributed by atoms with Gasteiger partial charge in [0.1, 0.15) is 0 Å². The zero-order chi connectivity index (χ0) is 8.97. The number of nitrogens with one attached hydrogen (secondary N) is 1. The lowest BCUT2D eigenvalue weighted by Crippen LogP contribution is -2.01. The molecule has 1 heterocycles. The first-order chi connectivity index (χ1) is 5.83. The number of aryl methyl sites for hydroxylation is 2. The van der Waals surface area contributed by atoms with E-state index in [4.69, 9.17) is 0 Å². The molecule has 0 amide bonds. The van der Waals surface area contributed by atoms with Gasteiger partial charge in [-0.1, -0.05) is 13.8 Å². The fourth-order valence-corrected chi connectivity index (χ4v) is 1.42. The number of nitrogens with zero attached hydrogens (tertiary/aromatic N) is 1. The van der Waals surface area contributed by atoms with Crippen LogP contribution >= 0.6 is 0 Å². The van der Waals surface area contributed by atoms with Crippen LogP contribution in [-0.2, 0) is 12.8 Å². The average molecular weight is 164 g/mol. The molecule has 0 radical (unpaired) electrons. The number of aromatic nitrogens is 1. The van der Waals surface area contributed by atoms with E-state index in [-0.39, 0.29) is 0 Å². The molecule has 0 saturated heterocycles. The summed E-state index contributed by atoms with van der Waals surface area (Å²) in [7, 11) is 1.95. The molecule has 0 aliphatic rings. The Bertz CT molecular complexity index is 234. The molecular formula is C10H16N2. The average Bonchev–Trinajstić information content (AvgIpc) is 2.16. The van der Waals surface area contributed by atoms with Crippen LogP contribution in [0.1, 0.15) is 25.1 Å². The number of rotatable bonds is 3. The van der Waals surface area contributed by atoms with Crippen LogP contribution in [0.5, 0.6) is 0 Å². The molecule has 2 nitrogen and oxygen atoms in total. The monoisotopic (exact) mass is 164 g/mol. The van der Waals surface area contributed by atoms with Gasteiger partial charge >= 0.3 is 0 Å². The van der Waals surface area contributed by atoms with Gasteiger partial charge in [-0.2, -0.15) is 0 Å². The summed E-state index contributed by atoms with van der Waals surface area (Å²) in [5.74, 6) is 0. The van der Waals surface area contributed by atoms with Crippen molar-refractivity contribution in [1.82, 2.24) is 4.98 Å². The lowest BCUT2D eigenvalue weighted by Gasteiger charge is -2.10. The van der Waals surface area contributed by atoms with Gasteiger partial charge in [0.2, 0.25) is 0 Å². The summed E-state index contributed by atoms with van der Waals surface area (Å²) in [5.41, 5.74) is 3.73. The van der Waals surface area contributed by atoms with Crippen molar-refractivity contribution in [2.75, 3.05) is 12.4 Å². The largest absolute Gasteiger partial charge is 0.386 e. The van der Waals surface area contributed by atoms with Crippen molar-refractivity contribution < 1.29 is 0 Å². The Hall–Kier alpha value is -1.05. The molecule has 0 atom stereocenters. The molecule has 1 aromatic heterocycles. The quantitative estimate of drug-likeness (QED) is 0.741. The van der Waals surface area contributed by atoms with Gasteiger partial charge in [-0.3, -0.25) is 4.98 Å². The minimum Gasteiger partial charge on any atom is -0.386 e. The Morgan fingerprint density at radius 3 is 2.58 bits per heavy atom. The highest BCUT2D eigenvalue weighted by Gasteiger charge is 2.03. The third-order valence-corrected chi connectivity index (χ3v) is 2.08. The normalized spacial score (nSPS) is 9.92. The summed E-state index contributed by atoms with van der Waals surface area (Å²) < 4.78 is 0. The third kappa shape index (κ3) is 1.58. The van der Waals surface area contributed by atoms with Crippen molar-refractivity contribution >= 4 is 5.69 Å². The molecular weight excluding hydrogens is 148 g/mol. The predicted octanol–water partition coefficient (Wildman–Crippen LogP) is 2.25. The van der Waals surface area contributed by atoms with Crippen molar-refractivity contribution in [3.8, 4) is 0 Å². The highest BCUT2D eigenvalue weighted by Crippen LogP contribution is 2.19. The van der Waals surface area contributed by atoms with E-state index in [1.807, 2.05) is 13.2 Å². The van der Waals surface area contributed by atoms with Crippen molar-refractivity contribution in [1.29, 1.82) is 0 Å². The molecule has 0 fully saturated rings. The van der Waals surface area contributed by atoms with E-state index in [0.29, 0.717) is 0 Å². The van der Waals surface area contributed by atoms with E-state index >= 15 is 0 Å². The fraction of sp³-hybridized carbons (Fsp3) is 0.500. The van der Waals surface area contributed by atoms with Crippen molar-refractivity contribution in [3.63, 3.8) is 0 Å². The van der Waals surface area contributed by atoms with Crippen LogP contribution in [0.15, 0.2) is 12.3 Å².